The van der Waals surface area contributed by atoms with Crippen LogP contribution in [0.1, 0.15) is 15.9 Å². The molecule has 0 saturated carbocycles. The Bertz CT molecular complexity index is 668. The van der Waals surface area contributed by atoms with Crippen molar-refractivity contribution in [1.29, 1.82) is 0 Å². The Kier molecular flexibility index (Phi) is 3.35. The summed E-state index contributed by atoms with van der Waals surface area (Å²) in [5, 5.41) is 0. The van der Waals surface area contributed by atoms with Crippen LogP contribution < -0.4 is 11.5 Å². The smallest absolute Gasteiger partial charge is 0.398 e. The van der Waals surface area contributed by atoms with Gasteiger partial charge in [-0.1, -0.05) is 12.1 Å². The van der Waals surface area contributed by atoms with Gasteiger partial charge in [0, 0.05) is 17.4 Å². The number of primary amides is 1. The fraction of sp³-hybridized carbons (Fsp3) is 0.0769. The highest BCUT2D eigenvalue weighted by molar-refractivity contribution is 6.03. The number of halogens is 3. The zero-order chi connectivity index (χ0) is 14.9. The van der Waals surface area contributed by atoms with Gasteiger partial charge in [0.1, 0.15) is 0 Å². The summed E-state index contributed by atoms with van der Waals surface area (Å²) in [5.41, 5.74) is 10.1. The third-order valence-corrected chi connectivity index (χ3v) is 2.69. The van der Waals surface area contributed by atoms with Crippen molar-refractivity contribution in [3.05, 3.63) is 47.7 Å². The topological polar surface area (TPSA) is 82.0 Å². The number of nitrogen functional groups attached to an aromatic ring is 1. The molecule has 4 N–H and O–H groups in total. The minimum absolute atomic E-state index is 0.0311. The number of nitrogens with two attached hydrogens (primary N) is 2. The SMILES string of the molecule is NC(=O)c1c(N)ccnc1-c1cccc(C(F)(F)F)c1. The lowest BCUT2D eigenvalue weighted by molar-refractivity contribution is -0.137. The van der Waals surface area contributed by atoms with Gasteiger partial charge in [-0.05, 0) is 18.2 Å². The summed E-state index contributed by atoms with van der Waals surface area (Å²) in [6, 6.07) is 5.82. The largest absolute Gasteiger partial charge is 0.416 e. The number of rotatable bonds is 2. The molecule has 1 heterocycles. The number of hydrogen-bond donors (Lipinski definition) is 2. The molecule has 0 saturated heterocycles. The summed E-state index contributed by atoms with van der Waals surface area (Å²) in [5.74, 6) is -0.844. The van der Waals surface area contributed by atoms with Gasteiger partial charge < -0.3 is 11.5 Å². The van der Waals surface area contributed by atoms with Gasteiger partial charge in [0.15, 0.2) is 0 Å². The lowest BCUT2D eigenvalue weighted by Crippen LogP contribution is -2.16. The number of amides is 1. The summed E-state index contributed by atoms with van der Waals surface area (Å²) >= 11 is 0. The van der Waals surface area contributed by atoms with Gasteiger partial charge in [-0.15, -0.1) is 0 Å². The van der Waals surface area contributed by atoms with Crippen molar-refractivity contribution >= 4 is 11.6 Å². The lowest BCUT2D eigenvalue weighted by Gasteiger charge is -2.11. The fourth-order valence-corrected chi connectivity index (χ4v) is 1.80. The van der Waals surface area contributed by atoms with Crippen molar-refractivity contribution < 1.29 is 18.0 Å². The average Bonchev–Trinajstić information content (AvgIpc) is 2.37. The minimum atomic E-state index is -4.48. The normalized spacial score (nSPS) is 11.3. The molecule has 1 amide bonds. The summed E-state index contributed by atoms with van der Waals surface area (Å²) in [6.45, 7) is 0. The van der Waals surface area contributed by atoms with E-state index < -0.39 is 17.6 Å². The van der Waals surface area contributed by atoms with Crippen LogP contribution in [-0.4, -0.2) is 10.9 Å². The highest BCUT2D eigenvalue weighted by atomic mass is 19.4. The van der Waals surface area contributed by atoms with E-state index in [1.807, 2.05) is 0 Å². The maximum Gasteiger partial charge on any atom is 0.416 e. The van der Waals surface area contributed by atoms with E-state index in [0.717, 1.165) is 12.1 Å². The predicted molar refractivity (Wildman–Crippen MR) is 67.6 cm³/mol. The summed E-state index contributed by atoms with van der Waals surface area (Å²) < 4.78 is 38.1. The number of carbonyl (C=O) groups is 1. The highest BCUT2D eigenvalue weighted by Crippen LogP contribution is 2.33. The molecule has 104 valence electrons. The fourth-order valence-electron chi connectivity index (χ4n) is 1.80. The third kappa shape index (κ3) is 2.56. The minimum Gasteiger partial charge on any atom is -0.398 e. The van der Waals surface area contributed by atoms with Gasteiger partial charge in [-0.25, -0.2) is 0 Å². The quantitative estimate of drug-likeness (QED) is 0.887. The molecule has 0 spiro atoms. The molecule has 2 aromatic rings. The van der Waals surface area contributed by atoms with Crippen LogP contribution >= 0.6 is 0 Å². The molecular formula is C13H10F3N3O. The monoisotopic (exact) mass is 281 g/mol. The van der Waals surface area contributed by atoms with E-state index in [2.05, 4.69) is 4.98 Å². The molecule has 1 aromatic heterocycles. The molecule has 0 atom stereocenters. The zero-order valence-electron chi connectivity index (χ0n) is 10.1. The Morgan fingerprint density at radius 3 is 2.50 bits per heavy atom. The van der Waals surface area contributed by atoms with Gasteiger partial charge in [-0.3, -0.25) is 9.78 Å². The molecule has 0 unspecified atom stereocenters. The van der Waals surface area contributed by atoms with E-state index in [1.165, 1.54) is 24.4 Å². The first-order valence-electron chi connectivity index (χ1n) is 5.52. The van der Waals surface area contributed by atoms with Crippen LogP contribution in [0.4, 0.5) is 18.9 Å². The van der Waals surface area contributed by atoms with Crippen molar-refractivity contribution in [2.45, 2.75) is 6.18 Å². The van der Waals surface area contributed by atoms with Crippen LogP contribution in [0.2, 0.25) is 0 Å². The zero-order valence-corrected chi connectivity index (χ0v) is 10.1. The van der Waals surface area contributed by atoms with Crippen LogP contribution in [-0.2, 0) is 6.18 Å². The molecule has 20 heavy (non-hydrogen) atoms. The highest BCUT2D eigenvalue weighted by Gasteiger charge is 2.30. The second kappa shape index (κ2) is 4.84. The van der Waals surface area contributed by atoms with Crippen molar-refractivity contribution in [2.24, 2.45) is 5.73 Å². The molecule has 0 aliphatic heterocycles. The summed E-state index contributed by atoms with van der Waals surface area (Å²) in [6.07, 6.45) is -3.18. The number of hydrogen-bond acceptors (Lipinski definition) is 3. The van der Waals surface area contributed by atoms with E-state index in [1.54, 1.807) is 0 Å². The Morgan fingerprint density at radius 1 is 1.20 bits per heavy atom. The predicted octanol–water partition coefficient (Wildman–Crippen LogP) is 2.45. The number of carbonyl (C=O) groups excluding carboxylic acids is 1. The number of pyridine rings is 1. The number of aromatic nitrogens is 1. The van der Waals surface area contributed by atoms with E-state index in [9.17, 15) is 18.0 Å². The van der Waals surface area contributed by atoms with E-state index in [-0.39, 0.29) is 22.5 Å². The molecular weight excluding hydrogens is 271 g/mol. The first kappa shape index (κ1) is 13.9. The molecule has 0 bridgehead atoms. The molecule has 7 heteroatoms. The van der Waals surface area contributed by atoms with Crippen LogP contribution in [0.25, 0.3) is 11.3 Å². The number of alkyl halides is 3. The van der Waals surface area contributed by atoms with E-state index >= 15 is 0 Å². The van der Waals surface area contributed by atoms with E-state index in [0.29, 0.717) is 0 Å². The number of nitrogens with zero attached hydrogens (tertiary/aromatic N) is 1. The number of anilines is 1. The summed E-state index contributed by atoms with van der Waals surface area (Å²) in [4.78, 5) is 15.3. The van der Waals surface area contributed by atoms with Gasteiger partial charge in [0.25, 0.3) is 5.91 Å². The van der Waals surface area contributed by atoms with Crippen molar-refractivity contribution in [1.82, 2.24) is 4.98 Å². The average molecular weight is 281 g/mol. The van der Waals surface area contributed by atoms with Crippen molar-refractivity contribution in [2.75, 3.05) is 5.73 Å². The second-order valence-corrected chi connectivity index (χ2v) is 4.07. The number of benzene rings is 1. The van der Waals surface area contributed by atoms with Crippen LogP contribution in [0.5, 0.6) is 0 Å². The van der Waals surface area contributed by atoms with Gasteiger partial charge in [0.2, 0.25) is 0 Å². The molecule has 1 aromatic carbocycles. The Hall–Kier alpha value is -2.57. The Morgan fingerprint density at radius 2 is 1.90 bits per heavy atom. The first-order chi connectivity index (χ1) is 9.30. The van der Waals surface area contributed by atoms with Crippen molar-refractivity contribution in [3.63, 3.8) is 0 Å². The second-order valence-electron chi connectivity index (χ2n) is 4.07. The van der Waals surface area contributed by atoms with Gasteiger partial charge in [0.05, 0.1) is 16.8 Å². The van der Waals surface area contributed by atoms with Crippen LogP contribution in [0.15, 0.2) is 36.5 Å². The molecule has 0 radical (unpaired) electrons. The van der Waals surface area contributed by atoms with Crippen LogP contribution in [0, 0.1) is 0 Å². The first-order valence-corrected chi connectivity index (χ1v) is 5.52. The lowest BCUT2D eigenvalue weighted by atomic mass is 10.0. The Labute approximate surface area is 112 Å². The maximum atomic E-state index is 12.7. The third-order valence-electron chi connectivity index (χ3n) is 2.69. The molecule has 2 rings (SSSR count). The van der Waals surface area contributed by atoms with Crippen LogP contribution in [0.3, 0.4) is 0 Å². The Balaban J connectivity index is 2.64. The summed E-state index contributed by atoms with van der Waals surface area (Å²) in [7, 11) is 0. The molecule has 0 aliphatic carbocycles. The maximum absolute atomic E-state index is 12.7. The molecule has 0 fully saturated rings. The van der Waals surface area contributed by atoms with Gasteiger partial charge >= 0.3 is 6.18 Å². The van der Waals surface area contributed by atoms with Crippen molar-refractivity contribution in [3.8, 4) is 11.3 Å². The van der Waals surface area contributed by atoms with E-state index in [4.69, 9.17) is 11.5 Å². The molecule has 4 nitrogen and oxygen atoms in total. The standard InChI is InChI=1S/C13H10F3N3O/c14-13(15,16)8-3-1-2-7(6-8)11-10(12(18)20)9(17)4-5-19-11/h1-6H,(H2,17,19)(H2,18,20). The van der Waals surface area contributed by atoms with Gasteiger partial charge in [-0.2, -0.15) is 13.2 Å². The molecule has 0 aliphatic rings.